The predicted molar refractivity (Wildman–Crippen MR) is 81.4 cm³/mol. The van der Waals surface area contributed by atoms with Gasteiger partial charge >= 0.3 is 0 Å². The SMILES string of the molecule is CCNC(Cc1ccc(Br)cn1)c1sccc1Cl. The summed E-state index contributed by atoms with van der Waals surface area (Å²) >= 11 is 11.3. The summed E-state index contributed by atoms with van der Waals surface area (Å²) in [6.07, 6.45) is 2.68. The molecule has 1 N–H and O–H groups in total. The van der Waals surface area contributed by atoms with Crippen molar-refractivity contribution in [3.8, 4) is 0 Å². The summed E-state index contributed by atoms with van der Waals surface area (Å²) in [4.78, 5) is 5.60. The van der Waals surface area contributed by atoms with Gasteiger partial charge < -0.3 is 5.32 Å². The molecule has 0 saturated heterocycles. The Morgan fingerprint density at radius 1 is 1.44 bits per heavy atom. The minimum Gasteiger partial charge on any atom is -0.309 e. The number of hydrogen-bond acceptors (Lipinski definition) is 3. The second-order valence-electron chi connectivity index (χ2n) is 3.91. The molecule has 2 aromatic heterocycles. The largest absolute Gasteiger partial charge is 0.309 e. The van der Waals surface area contributed by atoms with Gasteiger partial charge in [0.2, 0.25) is 0 Å². The third-order valence-electron chi connectivity index (χ3n) is 2.61. The van der Waals surface area contributed by atoms with Crippen LogP contribution in [0.25, 0.3) is 0 Å². The van der Waals surface area contributed by atoms with Crippen LogP contribution in [0.15, 0.2) is 34.2 Å². The zero-order valence-corrected chi connectivity index (χ0v) is 13.1. The highest BCUT2D eigenvalue weighted by molar-refractivity contribution is 9.10. The third-order valence-corrected chi connectivity index (χ3v) is 4.55. The van der Waals surface area contributed by atoms with Crippen LogP contribution in [0.3, 0.4) is 0 Å². The molecule has 18 heavy (non-hydrogen) atoms. The van der Waals surface area contributed by atoms with Crippen LogP contribution in [0.4, 0.5) is 0 Å². The molecule has 0 aliphatic heterocycles. The number of hydrogen-bond donors (Lipinski definition) is 1. The summed E-state index contributed by atoms with van der Waals surface area (Å²) in [7, 11) is 0. The molecule has 2 aromatic rings. The van der Waals surface area contributed by atoms with Crippen molar-refractivity contribution in [1.82, 2.24) is 10.3 Å². The average Bonchev–Trinajstić information content (AvgIpc) is 2.78. The standard InChI is InChI=1S/C13H14BrClN2S/c1-2-16-12(13-11(15)5-6-18-13)7-10-4-3-9(14)8-17-10/h3-6,8,12,16H,2,7H2,1H3. The van der Waals surface area contributed by atoms with Crippen LogP contribution >= 0.6 is 38.9 Å². The molecule has 2 rings (SSSR count). The maximum Gasteiger partial charge on any atom is 0.0561 e. The van der Waals surface area contributed by atoms with E-state index < -0.39 is 0 Å². The Kier molecular flexibility index (Phi) is 5.18. The van der Waals surface area contributed by atoms with Crippen LogP contribution in [0.5, 0.6) is 0 Å². The van der Waals surface area contributed by atoms with Gasteiger partial charge in [-0.05, 0) is 46.1 Å². The monoisotopic (exact) mass is 344 g/mol. The lowest BCUT2D eigenvalue weighted by Crippen LogP contribution is -2.22. The first kappa shape index (κ1) is 14.0. The second kappa shape index (κ2) is 6.66. The maximum atomic E-state index is 6.20. The number of thiophene rings is 1. The Morgan fingerprint density at radius 3 is 2.83 bits per heavy atom. The highest BCUT2D eigenvalue weighted by atomic mass is 79.9. The van der Waals surface area contributed by atoms with Gasteiger partial charge in [-0.3, -0.25) is 4.98 Å². The molecule has 1 unspecified atom stereocenters. The summed E-state index contributed by atoms with van der Waals surface area (Å²) in [5.41, 5.74) is 1.06. The molecular formula is C13H14BrClN2S. The van der Waals surface area contributed by atoms with Crippen LogP contribution in [-0.4, -0.2) is 11.5 Å². The van der Waals surface area contributed by atoms with Crippen molar-refractivity contribution in [3.63, 3.8) is 0 Å². The number of rotatable bonds is 5. The Balaban J connectivity index is 2.16. The van der Waals surface area contributed by atoms with Crippen molar-refractivity contribution < 1.29 is 0 Å². The average molecular weight is 346 g/mol. The summed E-state index contributed by atoms with van der Waals surface area (Å²) in [6, 6.07) is 6.23. The van der Waals surface area contributed by atoms with E-state index in [-0.39, 0.29) is 6.04 Å². The fourth-order valence-electron chi connectivity index (χ4n) is 1.79. The van der Waals surface area contributed by atoms with E-state index in [1.54, 1.807) is 11.3 Å². The first-order chi connectivity index (χ1) is 8.70. The van der Waals surface area contributed by atoms with Crippen molar-refractivity contribution in [2.45, 2.75) is 19.4 Å². The summed E-state index contributed by atoms with van der Waals surface area (Å²) in [5, 5.41) is 6.32. The third kappa shape index (κ3) is 3.54. The van der Waals surface area contributed by atoms with Gasteiger partial charge in [0.1, 0.15) is 0 Å². The van der Waals surface area contributed by atoms with Crippen LogP contribution in [0.1, 0.15) is 23.5 Å². The van der Waals surface area contributed by atoms with E-state index in [0.717, 1.165) is 28.2 Å². The summed E-state index contributed by atoms with van der Waals surface area (Å²) in [6.45, 7) is 3.01. The zero-order chi connectivity index (χ0) is 13.0. The second-order valence-corrected chi connectivity index (χ2v) is 6.19. The van der Waals surface area contributed by atoms with Crippen LogP contribution in [0, 0.1) is 0 Å². The lowest BCUT2D eigenvalue weighted by Gasteiger charge is -2.16. The quantitative estimate of drug-likeness (QED) is 0.866. The van der Waals surface area contributed by atoms with E-state index in [4.69, 9.17) is 11.6 Å². The van der Waals surface area contributed by atoms with Crippen LogP contribution in [-0.2, 0) is 6.42 Å². The Hall–Kier alpha value is -0.420. The molecule has 0 saturated carbocycles. The Labute approximate surface area is 125 Å². The van der Waals surface area contributed by atoms with E-state index in [9.17, 15) is 0 Å². The minimum absolute atomic E-state index is 0.233. The molecule has 0 radical (unpaired) electrons. The number of likely N-dealkylation sites (N-methyl/N-ethyl adjacent to an activating group) is 1. The minimum atomic E-state index is 0.233. The molecule has 0 bridgehead atoms. The van der Waals surface area contributed by atoms with E-state index in [1.807, 2.05) is 29.8 Å². The van der Waals surface area contributed by atoms with Gasteiger partial charge in [-0.25, -0.2) is 0 Å². The van der Waals surface area contributed by atoms with Crippen molar-refractivity contribution >= 4 is 38.9 Å². The summed E-state index contributed by atoms with van der Waals surface area (Å²) < 4.78 is 1.00. The Bertz CT molecular complexity index is 498. The van der Waals surface area contributed by atoms with Gasteiger partial charge in [-0.1, -0.05) is 18.5 Å². The molecular weight excluding hydrogens is 332 g/mol. The highest BCUT2D eigenvalue weighted by Gasteiger charge is 2.16. The van der Waals surface area contributed by atoms with Gasteiger partial charge in [0.05, 0.1) is 5.02 Å². The number of aromatic nitrogens is 1. The number of pyridine rings is 1. The number of halogens is 2. The molecule has 0 fully saturated rings. The molecule has 96 valence electrons. The van der Waals surface area contributed by atoms with Gasteiger partial charge in [-0.15, -0.1) is 11.3 Å². The van der Waals surface area contributed by atoms with E-state index in [2.05, 4.69) is 33.2 Å². The molecule has 2 heterocycles. The maximum absolute atomic E-state index is 6.20. The highest BCUT2D eigenvalue weighted by Crippen LogP contribution is 2.30. The van der Waals surface area contributed by atoms with Gasteiger partial charge in [-0.2, -0.15) is 0 Å². The van der Waals surface area contributed by atoms with Crippen molar-refractivity contribution in [2.24, 2.45) is 0 Å². The molecule has 0 aliphatic rings. The molecule has 0 aliphatic carbocycles. The number of nitrogens with one attached hydrogen (secondary N) is 1. The normalized spacial score (nSPS) is 12.6. The fourth-order valence-corrected chi connectivity index (χ4v) is 3.29. The van der Waals surface area contributed by atoms with Gasteiger partial charge in [0, 0.05) is 33.7 Å². The molecule has 0 amide bonds. The predicted octanol–water partition coefficient (Wildman–Crippen LogP) is 4.45. The fraction of sp³-hybridized carbons (Fsp3) is 0.308. The smallest absolute Gasteiger partial charge is 0.0561 e. The molecule has 1 atom stereocenters. The van der Waals surface area contributed by atoms with Crippen molar-refractivity contribution in [3.05, 3.63) is 49.8 Å². The lowest BCUT2D eigenvalue weighted by molar-refractivity contribution is 0.552. The van der Waals surface area contributed by atoms with Crippen LogP contribution < -0.4 is 5.32 Å². The molecule has 5 heteroatoms. The first-order valence-electron chi connectivity index (χ1n) is 5.77. The van der Waals surface area contributed by atoms with Gasteiger partial charge in [0.25, 0.3) is 0 Å². The Morgan fingerprint density at radius 2 is 2.28 bits per heavy atom. The van der Waals surface area contributed by atoms with Gasteiger partial charge in [0.15, 0.2) is 0 Å². The molecule has 0 spiro atoms. The zero-order valence-electron chi connectivity index (χ0n) is 9.99. The van der Waals surface area contributed by atoms with Crippen molar-refractivity contribution in [2.75, 3.05) is 6.54 Å². The van der Waals surface area contributed by atoms with Crippen LogP contribution in [0.2, 0.25) is 5.02 Å². The topological polar surface area (TPSA) is 24.9 Å². The van der Waals surface area contributed by atoms with E-state index in [1.165, 1.54) is 4.88 Å². The van der Waals surface area contributed by atoms with E-state index >= 15 is 0 Å². The van der Waals surface area contributed by atoms with E-state index in [0.29, 0.717) is 0 Å². The molecule has 2 nitrogen and oxygen atoms in total. The number of nitrogens with zero attached hydrogens (tertiary/aromatic N) is 1. The lowest BCUT2D eigenvalue weighted by atomic mass is 10.1. The van der Waals surface area contributed by atoms with Crippen molar-refractivity contribution in [1.29, 1.82) is 0 Å². The molecule has 0 aromatic carbocycles. The summed E-state index contributed by atoms with van der Waals surface area (Å²) in [5.74, 6) is 0. The first-order valence-corrected chi connectivity index (χ1v) is 7.82.